The highest BCUT2D eigenvalue weighted by Crippen LogP contribution is 2.32. The van der Waals surface area contributed by atoms with E-state index in [4.69, 9.17) is 0 Å². The van der Waals surface area contributed by atoms with Crippen molar-refractivity contribution in [3.8, 4) is 0 Å². The smallest absolute Gasteiger partial charge is 0.330 e. The molecule has 2 aromatic heterocycles. The van der Waals surface area contributed by atoms with Gasteiger partial charge in [0, 0.05) is 24.4 Å². The van der Waals surface area contributed by atoms with Gasteiger partial charge in [0.05, 0.1) is 18.2 Å². The lowest BCUT2D eigenvalue weighted by Crippen LogP contribution is -2.42. The van der Waals surface area contributed by atoms with Crippen LogP contribution in [0.1, 0.15) is 34.6 Å². The monoisotopic (exact) mass is 380 g/mol. The van der Waals surface area contributed by atoms with Crippen LogP contribution in [-0.4, -0.2) is 37.2 Å². The molecule has 2 atom stereocenters. The van der Waals surface area contributed by atoms with Gasteiger partial charge in [-0.25, -0.2) is 9.48 Å². The van der Waals surface area contributed by atoms with E-state index in [0.717, 1.165) is 29.8 Å². The molecule has 2 unspecified atom stereocenters. The van der Waals surface area contributed by atoms with E-state index < -0.39 is 0 Å². The molecular formula is C20H20N4O2S. The number of amides is 1. The molecular weight excluding hydrogens is 360 g/mol. The van der Waals surface area contributed by atoms with Crippen molar-refractivity contribution in [1.82, 2.24) is 19.2 Å². The number of hydrogen-bond acceptors (Lipinski definition) is 4. The Morgan fingerprint density at radius 3 is 2.74 bits per heavy atom. The molecule has 3 aromatic rings. The lowest BCUT2D eigenvalue weighted by Gasteiger charge is -2.27. The van der Waals surface area contributed by atoms with E-state index in [2.05, 4.69) is 5.10 Å². The van der Waals surface area contributed by atoms with Crippen LogP contribution in [0.3, 0.4) is 0 Å². The van der Waals surface area contributed by atoms with Crippen molar-refractivity contribution >= 4 is 17.2 Å². The Labute approximate surface area is 160 Å². The standard InChI is InChI=1S/C20H20N4O2S/c25-19(15-8-9-27-13-15)24-16-6-7-17(24)12-22-18(10-16)21-23(20(22)26)11-14-4-2-1-3-5-14/h1-5,8-9,13,16-17H,6-7,10-12H2. The predicted octanol–water partition coefficient (Wildman–Crippen LogP) is 2.38. The second-order valence-electron chi connectivity index (χ2n) is 7.27. The third kappa shape index (κ3) is 2.82. The largest absolute Gasteiger partial charge is 0.346 e. The number of aromatic nitrogens is 3. The zero-order valence-electron chi connectivity index (χ0n) is 14.8. The first kappa shape index (κ1) is 16.5. The fourth-order valence-corrected chi connectivity index (χ4v) is 4.94. The number of thiophene rings is 1. The molecule has 4 heterocycles. The number of fused-ring (bicyclic) bond motifs is 3. The van der Waals surface area contributed by atoms with Gasteiger partial charge in [0.2, 0.25) is 0 Å². The normalized spacial score (nSPS) is 21.1. The molecule has 0 spiro atoms. The lowest BCUT2D eigenvalue weighted by molar-refractivity contribution is 0.0665. The molecule has 7 heteroatoms. The molecule has 138 valence electrons. The summed E-state index contributed by atoms with van der Waals surface area (Å²) in [5.74, 6) is 0.880. The molecule has 27 heavy (non-hydrogen) atoms. The highest BCUT2D eigenvalue weighted by molar-refractivity contribution is 7.08. The Morgan fingerprint density at radius 1 is 1.15 bits per heavy atom. The van der Waals surface area contributed by atoms with Crippen LogP contribution in [0.15, 0.2) is 52.0 Å². The highest BCUT2D eigenvalue weighted by atomic mass is 32.1. The van der Waals surface area contributed by atoms with Crippen molar-refractivity contribution in [2.75, 3.05) is 0 Å². The highest BCUT2D eigenvalue weighted by Gasteiger charge is 2.41. The average Bonchev–Trinajstić information content (AvgIpc) is 3.36. The van der Waals surface area contributed by atoms with Gasteiger partial charge in [-0.2, -0.15) is 16.4 Å². The lowest BCUT2D eigenvalue weighted by atomic mass is 10.1. The van der Waals surface area contributed by atoms with E-state index in [0.29, 0.717) is 19.5 Å². The summed E-state index contributed by atoms with van der Waals surface area (Å²) in [6, 6.07) is 12.0. The summed E-state index contributed by atoms with van der Waals surface area (Å²) in [5, 5.41) is 8.44. The van der Waals surface area contributed by atoms with Crippen LogP contribution in [0.2, 0.25) is 0 Å². The molecule has 0 N–H and O–H groups in total. The minimum Gasteiger partial charge on any atom is -0.330 e. The molecule has 2 aliphatic rings. The van der Waals surface area contributed by atoms with Gasteiger partial charge in [0.1, 0.15) is 5.82 Å². The van der Waals surface area contributed by atoms with Gasteiger partial charge in [-0.15, -0.1) is 0 Å². The fraction of sp³-hybridized carbons (Fsp3) is 0.350. The van der Waals surface area contributed by atoms with Crippen LogP contribution in [0.5, 0.6) is 0 Å². The first-order valence-corrected chi connectivity index (χ1v) is 10.2. The van der Waals surface area contributed by atoms with Crippen LogP contribution in [0.4, 0.5) is 0 Å². The van der Waals surface area contributed by atoms with Gasteiger partial charge < -0.3 is 4.90 Å². The number of carbonyl (C=O) groups is 1. The third-order valence-corrected chi connectivity index (χ3v) is 6.29. The van der Waals surface area contributed by atoms with Crippen molar-refractivity contribution in [1.29, 1.82) is 0 Å². The third-order valence-electron chi connectivity index (χ3n) is 5.61. The van der Waals surface area contributed by atoms with E-state index in [1.165, 1.54) is 11.3 Å². The molecule has 0 aliphatic carbocycles. The predicted molar refractivity (Wildman–Crippen MR) is 103 cm³/mol. The molecule has 6 nitrogen and oxygen atoms in total. The maximum absolute atomic E-state index is 13.0. The Kier molecular flexibility index (Phi) is 3.97. The molecule has 2 aliphatic heterocycles. The maximum Gasteiger partial charge on any atom is 0.346 e. The quantitative estimate of drug-likeness (QED) is 0.701. The SMILES string of the molecule is O=C(c1ccsc1)N1C2CCC1Cn1c(nn(Cc3ccccc3)c1=O)C2. The van der Waals surface area contributed by atoms with Crippen molar-refractivity contribution in [3.05, 3.63) is 74.6 Å². The number of rotatable bonds is 3. The second kappa shape index (κ2) is 6.49. The minimum atomic E-state index is -0.0793. The number of hydrogen-bond donors (Lipinski definition) is 0. The van der Waals surface area contributed by atoms with E-state index in [9.17, 15) is 9.59 Å². The molecule has 5 rings (SSSR count). The summed E-state index contributed by atoms with van der Waals surface area (Å²) in [6.45, 7) is 1.02. The first-order chi connectivity index (χ1) is 13.2. The molecule has 1 fully saturated rings. The van der Waals surface area contributed by atoms with Crippen LogP contribution in [-0.2, 0) is 19.5 Å². The van der Waals surface area contributed by atoms with Crippen molar-refractivity contribution in [2.45, 2.75) is 44.4 Å². The van der Waals surface area contributed by atoms with Crippen LogP contribution >= 0.6 is 11.3 Å². The summed E-state index contributed by atoms with van der Waals surface area (Å²) in [6.07, 6.45) is 2.56. The molecule has 0 radical (unpaired) electrons. The summed E-state index contributed by atoms with van der Waals surface area (Å²) >= 11 is 1.54. The Bertz CT molecular complexity index is 1020. The van der Waals surface area contributed by atoms with Gasteiger partial charge in [-0.3, -0.25) is 9.36 Å². The number of nitrogens with zero attached hydrogens (tertiary/aromatic N) is 4. The Morgan fingerprint density at radius 2 is 1.96 bits per heavy atom. The summed E-state index contributed by atoms with van der Waals surface area (Å²) in [7, 11) is 0. The Balaban J connectivity index is 1.44. The van der Waals surface area contributed by atoms with Gasteiger partial charge in [0.15, 0.2) is 0 Å². The van der Waals surface area contributed by atoms with Gasteiger partial charge in [-0.1, -0.05) is 30.3 Å². The zero-order valence-corrected chi connectivity index (χ0v) is 15.6. The Hall–Kier alpha value is -2.67. The second-order valence-corrected chi connectivity index (χ2v) is 8.05. The average molecular weight is 380 g/mol. The minimum absolute atomic E-state index is 0.0655. The molecule has 2 bridgehead atoms. The molecule has 1 amide bonds. The first-order valence-electron chi connectivity index (χ1n) is 9.26. The topological polar surface area (TPSA) is 60.1 Å². The van der Waals surface area contributed by atoms with Crippen molar-refractivity contribution in [3.63, 3.8) is 0 Å². The number of benzene rings is 1. The molecule has 0 saturated carbocycles. The zero-order chi connectivity index (χ0) is 18.4. The van der Waals surface area contributed by atoms with Crippen molar-refractivity contribution in [2.24, 2.45) is 0 Å². The van der Waals surface area contributed by atoms with Gasteiger partial charge >= 0.3 is 5.69 Å². The summed E-state index contributed by atoms with van der Waals surface area (Å²) in [5.41, 5.74) is 1.73. The van der Waals surface area contributed by atoms with Crippen LogP contribution in [0, 0.1) is 0 Å². The van der Waals surface area contributed by atoms with Crippen LogP contribution < -0.4 is 5.69 Å². The van der Waals surface area contributed by atoms with Crippen LogP contribution in [0.25, 0.3) is 0 Å². The molecule has 1 aromatic carbocycles. The molecule has 1 saturated heterocycles. The van der Waals surface area contributed by atoms with Crippen molar-refractivity contribution < 1.29 is 4.79 Å². The summed E-state index contributed by atoms with van der Waals surface area (Å²) in [4.78, 5) is 27.9. The van der Waals surface area contributed by atoms with Gasteiger partial charge in [-0.05, 0) is 29.9 Å². The van der Waals surface area contributed by atoms with E-state index in [-0.39, 0.29) is 23.7 Å². The van der Waals surface area contributed by atoms with E-state index in [1.807, 2.05) is 52.1 Å². The van der Waals surface area contributed by atoms with E-state index in [1.54, 1.807) is 9.25 Å². The fourth-order valence-electron chi connectivity index (χ4n) is 4.31. The number of carbonyl (C=O) groups excluding carboxylic acids is 1. The maximum atomic E-state index is 13.0. The van der Waals surface area contributed by atoms with Gasteiger partial charge in [0.25, 0.3) is 5.91 Å². The van der Waals surface area contributed by atoms with E-state index >= 15 is 0 Å². The summed E-state index contributed by atoms with van der Waals surface area (Å²) < 4.78 is 3.33.